The molecule has 7 heteroatoms. The minimum Gasteiger partial charge on any atom is -0.388 e. The van der Waals surface area contributed by atoms with Crippen LogP contribution in [0.15, 0.2) is 29.2 Å². The number of hydrogen-bond donors (Lipinski definition) is 1. The molecule has 18 heavy (non-hydrogen) atoms. The van der Waals surface area contributed by atoms with Gasteiger partial charge in [-0.25, -0.2) is 8.42 Å². The average molecular weight is 264 g/mol. The van der Waals surface area contributed by atoms with Gasteiger partial charge in [0.25, 0.3) is 0 Å². The highest BCUT2D eigenvalue weighted by molar-refractivity contribution is 7.89. The van der Waals surface area contributed by atoms with Crippen LogP contribution in [-0.2, 0) is 10.0 Å². The number of nitriles is 2. The van der Waals surface area contributed by atoms with Gasteiger partial charge in [-0.2, -0.15) is 14.8 Å². The molecule has 0 aliphatic carbocycles. The van der Waals surface area contributed by atoms with Crippen LogP contribution in [-0.4, -0.2) is 32.9 Å². The molecule has 0 atom stereocenters. The van der Waals surface area contributed by atoms with Crippen molar-refractivity contribution in [3.63, 3.8) is 0 Å². The fourth-order valence-electron chi connectivity index (χ4n) is 1.33. The molecule has 0 fully saturated rings. The smallest absolute Gasteiger partial charge is 0.244 e. The Hall–Kier alpha value is -2.09. The van der Waals surface area contributed by atoms with E-state index in [-0.39, 0.29) is 18.0 Å². The Morgan fingerprint density at radius 2 is 1.67 bits per heavy atom. The molecule has 94 valence electrons. The molecule has 6 nitrogen and oxygen atoms in total. The summed E-state index contributed by atoms with van der Waals surface area (Å²) in [6.07, 6.45) is 0. The van der Waals surface area contributed by atoms with Crippen LogP contribution in [0.1, 0.15) is 0 Å². The molecule has 1 aromatic carbocycles. The van der Waals surface area contributed by atoms with E-state index in [0.29, 0.717) is 0 Å². The number of benzene rings is 1. The van der Waals surface area contributed by atoms with Crippen LogP contribution in [0.25, 0.3) is 0 Å². The predicted octanol–water partition coefficient (Wildman–Crippen LogP) is 0.766. The Labute approximate surface area is 106 Å². The van der Waals surface area contributed by atoms with E-state index >= 15 is 0 Å². The summed E-state index contributed by atoms with van der Waals surface area (Å²) in [4.78, 5) is 0.0620. The standard InChI is InChI=1S/C11H12N4O2S/c1-14-10-2-4-11(5-3-10)18(16,17)15(8-6-12)9-7-13/h2-5,14H,8-9H2,1H3. The predicted molar refractivity (Wildman–Crippen MR) is 66.0 cm³/mol. The molecule has 1 aromatic rings. The SMILES string of the molecule is CNc1ccc(S(=O)(=O)N(CC#N)CC#N)cc1. The first-order valence-corrected chi connectivity index (χ1v) is 6.52. The largest absolute Gasteiger partial charge is 0.388 e. The average Bonchev–Trinajstić information content (AvgIpc) is 2.38. The van der Waals surface area contributed by atoms with Crippen molar-refractivity contribution in [2.75, 3.05) is 25.5 Å². The van der Waals surface area contributed by atoms with Crippen molar-refractivity contribution < 1.29 is 8.42 Å². The number of hydrogen-bond acceptors (Lipinski definition) is 5. The molecule has 0 amide bonds. The van der Waals surface area contributed by atoms with E-state index in [2.05, 4.69) is 5.32 Å². The lowest BCUT2D eigenvalue weighted by molar-refractivity contribution is 0.479. The first-order valence-electron chi connectivity index (χ1n) is 5.08. The van der Waals surface area contributed by atoms with Crippen LogP contribution in [0.4, 0.5) is 5.69 Å². The lowest BCUT2D eigenvalue weighted by Gasteiger charge is -2.16. The molecular weight excluding hydrogens is 252 g/mol. The molecule has 0 saturated heterocycles. The normalized spacial score (nSPS) is 10.7. The van der Waals surface area contributed by atoms with Gasteiger partial charge >= 0.3 is 0 Å². The second-order valence-electron chi connectivity index (χ2n) is 3.36. The molecule has 0 bridgehead atoms. The zero-order chi connectivity index (χ0) is 13.6. The monoisotopic (exact) mass is 264 g/mol. The van der Waals surface area contributed by atoms with Crippen molar-refractivity contribution in [3.8, 4) is 12.1 Å². The van der Waals surface area contributed by atoms with Crippen LogP contribution < -0.4 is 5.32 Å². The molecule has 1 rings (SSSR count). The van der Waals surface area contributed by atoms with E-state index < -0.39 is 10.0 Å². The maximum Gasteiger partial charge on any atom is 0.244 e. The summed E-state index contributed by atoms with van der Waals surface area (Å²) in [7, 11) is -2.07. The fraction of sp³-hybridized carbons (Fsp3) is 0.273. The van der Waals surface area contributed by atoms with Gasteiger partial charge in [0.05, 0.1) is 17.0 Å². The van der Waals surface area contributed by atoms with Crippen LogP contribution >= 0.6 is 0 Å². The van der Waals surface area contributed by atoms with E-state index in [4.69, 9.17) is 10.5 Å². The van der Waals surface area contributed by atoms with E-state index in [1.54, 1.807) is 31.3 Å². The third kappa shape index (κ3) is 2.98. The first-order chi connectivity index (χ1) is 8.56. The Morgan fingerprint density at radius 1 is 1.17 bits per heavy atom. The van der Waals surface area contributed by atoms with E-state index in [9.17, 15) is 8.42 Å². The Morgan fingerprint density at radius 3 is 2.06 bits per heavy atom. The summed E-state index contributed by atoms with van der Waals surface area (Å²) in [6, 6.07) is 9.57. The van der Waals surface area contributed by atoms with E-state index in [0.717, 1.165) is 9.99 Å². The van der Waals surface area contributed by atoms with Gasteiger partial charge in [-0.05, 0) is 24.3 Å². The highest BCUT2D eigenvalue weighted by Crippen LogP contribution is 2.17. The van der Waals surface area contributed by atoms with E-state index in [1.165, 1.54) is 12.1 Å². The van der Waals surface area contributed by atoms with Gasteiger partial charge in [-0.1, -0.05) is 0 Å². The summed E-state index contributed by atoms with van der Waals surface area (Å²) < 4.78 is 25.1. The summed E-state index contributed by atoms with van der Waals surface area (Å²) in [5.41, 5.74) is 0.779. The number of anilines is 1. The quantitative estimate of drug-likeness (QED) is 0.792. The Balaban J connectivity index is 3.11. The second-order valence-corrected chi connectivity index (χ2v) is 5.30. The lowest BCUT2D eigenvalue weighted by atomic mass is 10.3. The van der Waals surface area contributed by atoms with Crippen molar-refractivity contribution in [1.29, 1.82) is 10.5 Å². The molecule has 0 aromatic heterocycles. The number of rotatable bonds is 5. The van der Waals surface area contributed by atoms with Crippen molar-refractivity contribution in [1.82, 2.24) is 4.31 Å². The molecular formula is C11H12N4O2S. The van der Waals surface area contributed by atoms with Gasteiger partial charge in [0.2, 0.25) is 10.0 Å². The highest BCUT2D eigenvalue weighted by Gasteiger charge is 2.23. The van der Waals surface area contributed by atoms with Crippen molar-refractivity contribution in [3.05, 3.63) is 24.3 Å². The van der Waals surface area contributed by atoms with Crippen molar-refractivity contribution >= 4 is 15.7 Å². The Kier molecular flexibility index (Phi) is 4.67. The van der Waals surface area contributed by atoms with Gasteiger partial charge in [0.15, 0.2) is 0 Å². The van der Waals surface area contributed by atoms with Gasteiger partial charge in [-0.15, -0.1) is 0 Å². The summed E-state index contributed by atoms with van der Waals surface area (Å²) in [5.74, 6) is 0. The number of sulfonamides is 1. The highest BCUT2D eigenvalue weighted by atomic mass is 32.2. The summed E-state index contributed by atoms with van der Waals surface area (Å²) in [5, 5.41) is 20.0. The zero-order valence-electron chi connectivity index (χ0n) is 9.79. The maximum absolute atomic E-state index is 12.1. The minimum absolute atomic E-state index is 0.0620. The van der Waals surface area contributed by atoms with Crippen LogP contribution in [0.3, 0.4) is 0 Å². The molecule has 0 heterocycles. The van der Waals surface area contributed by atoms with Crippen molar-refractivity contribution in [2.45, 2.75) is 4.90 Å². The fourth-order valence-corrected chi connectivity index (χ4v) is 2.56. The molecule has 0 radical (unpaired) electrons. The van der Waals surface area contributed by atoms with Crippen molar-refractivity contribution in [2.24, 2.45) is 0 Å². The summed E-state index contributed by atoms with van der Waals surface area (Å²) in [6.45, 7) is -0.687. The molecule has 1 N–H and O–H groups in total. The van der Waals surface area contributed by atoms with Crippen LogP contribution in [0.2, 0.25) is 0 Å². The maximum atomic E-state index is 12.1. The third-order valence-electron chi connectivity index (χ3n) is 2.27. The first kappa shape index (κ1) is 14.0. The number of nitrogens with one attached hydrogen (secondary N) is 1. The second kappa shape index (κ2) is 6.01. The van der Waals surface area contributed by atoms with Gasteiger partial charge in [0.1, 0.15) is 13.1 Å². The lowest BCUT2D eigenvalue weighted by Crippen LogP contribution is -2.31. The third-order valence-corrected chi connectivity index (χ3v) is 4.08. The molecule has 0 saturated carbocycles. The molecule has 0 unspecified atom stereocenters. The molecule has 0 aliphatic heterocycles. The van der Waals surface area contributed by atoms with Gasteiger partial charge in [-0.3, -0.25) is 0 Å². The van der Waals surface area contributed by atoms with Gasteiger partial charge < -0.3 is 5.32 Å². The molecule has 0 spiro atoms. The molecule has 0 aliphatic rings. The van der Waals surface area contributed by atoms with Crippen LogP contribution in [0, 0.1) is 22.7 Å². The Bertz CT molecular complexity index is 565. The minimum atomic E-state index is -3.79. The number of nitrogens with zero attached hydrogens (tertiary/aromatic N) is 3. The van der Waals surface area contributed by atoms with Gasteiger partial charge in [0, 0.05) is 12.7 Å². The van der Waals surface area contributed by atoms with Crippen LogP contribution in [0.5, 0.6) is 0 Å². The summed E-state index contributed by atoms with van der Waals surface area (Å²) >= 11 is 0. The zero-order valence-corrected chi connectivity index (χ0v) is 10.6. The topological polar surface area (TPSA) is 97.0 Å². The van der Waals surface area contributed by atoms with E-state index in [1.807, 2.05) is 0 Å².